The molecule has 0 spiro atoms. The van der Waals surface area contributed by atoms with E-state index in [2.05, 4.69) is 26.6 Å². The number of rotatable bonds is 3. The Kier molecular flexibility index (Phi) is 4.47. The molecule has 1 N–H and O–H groups in total. The molecule has 1 saturated heterocycles. The molecule has 0 aromatic carbocycles. The van der Waals surface area contributed by atoms with Gasteiger partial charge in [-0.1, -0.05) is 19.3 Å². The van der Waals surface area contributed by atoms with Crippen LogP contribution < -0.4 is 5.32 Å². The topological polar surface area (TPSA) is 41.1 Å². The van der Waals surface area contributed by atoms with Crippen molar-refractivity contribution >= 4 is 27.4 Å². The largest absolute Gasteiger partial charge is 0.372 e. The summed E-state index contributed by atoms with van der Waals surface area (Å²) in [6.45, 7) is 3.24. The van der Waals surface area contributed by atoms with E-state index in [9.17, 15) is 0 Å². The zero-order chi connectivity index (χ0) is 13.8. The SMILES string of the molecule is CNc1nc(CN2CCCCCCC2)nc2sccc12. The van der Waals surface area contributed by atoms with Gasteiger partial charge in [0.1, 0.15) is 16.5 Å². The normalized spacial score (nSPS) is 17.9. The summed E-state index contributed by atoms with van der Waals surface area (Å²) >= 11 is 1.69. The van der Waals surface area contributed by atoms with Gasteiger partial charge < -0.3 is 5.32 Å². The summed E-state index contributed by atoms with van der Waals surface area (Å²) in [6.07, 6.45) is 6.74. The quantitative estimate of drug-likeness (QED) is 0.939. The van der Waals surface area contributed by atoms with Crippen LogP contribution >= 0.6 is 11.3 Å². The summed E-state index contributed by atoms with van der Waals surface area (Å²) in [5, 5.41) is 6.41. The molecule has 3 heterocycles. The third-order valence-electron chi connectivity index (χ3n) is 3.92. The van der Waals surface area contributed by atoms with Crippen molar-refractivity contribution in [2.45, 2.75) is 38.6 Å². The van der Waals surface area contributed by atoms with Crippen LogP contribution in [0.25, 0.3) is 10.2 Å². The number of nitrogens with one attached hydrogen (secondary N) is 1. The van der Waals surface area contributed by atoms with Gasteiger partial charge >= 0.3 is 0 Å². The summed E-state index contributed by atoms with van der Waals surface area (Å²) in [5.74, 6) is 1.91. The molecule has 3 rings (SSSR count). The average Bonchev–Trinajstić information content (AvgIpc) is 2.89. The van der Waals surface area contributed by atoms with Gasteiger partial charge in [0.2, 0.25) is 0 Å². The molecule has 0 atom stereocenters. The van der Waals surface area contributed by atoms with Gasteiger partial charge in [0.25, 0.3) is 0 Å². The second kappa shape index (κ2) is 6.50. The zero-order valence-electron chi connectivity index (χ0n) is 12.1. The maximum atomic E-state index is 4.72. The average molecular weight is 290 g/mol. The molecule has 1 aliphatic heterocycles. The predicted octanol–water partition coefficient (Wildman–Crippen LogP) is 3.50. The molecule has 4 nitrogen and oxygen atoms in total. The lowest BCUT2D eigenvalue weighted by Gasteiger charge is -2.23. The van der Waals surface area contributed by atoms with Gasteiger partial charge in [0, 0.05) is 7.05 Å². The zero-order valence-corrected chi connectivity index (χ0v) is 12.9. The molecule has 108 valence electrons. The van der Waals surface area contributed by atoms with E-state index < -0.39 is 0 Å². The van der Waals surface area contributed by atoms with Crippen molar-refractivity contribution in [2.75, 3.05) is 25.5 Å². The first-order chi connectivity index (χ1) is 9.86. The van der Waals surface area contributed by atoms with Gasteiger partial charge in [-0.05, 0) is 37.4 Å². The fraction of sp³-hybridized carbons (Fsp3) is 0.600. The Morgan fingerprint density at radius 2 is 1.90 bits per heavy atom. The fourth-order valence-corrected chi connectivity index (χ4v) is 3.61. The molecule has 1 aliphatic rings. The van der Waals surface area contributed by atoms with Gasteiger partial charge in [0.15, 0.2) is 0 Å². The van der Waals surface area contributed by atoms with Crippen molar-refractivity contribution < 1.29 is 0 Å². The third-order valence-corrected chi connectivity index (χ3v) is 4.73. The number of hydrogen-bond acceptors (Lipinski definition) is 5. The number of anilines is 1. The number of fused-ring (bicyclic) bond motifs is 1. The Hall–Kier alpha value is -1.20. The van der Waals surface area contributed by atoms with E-state index in [1.165, 1.54) is 45.2 Å². The maximum Gasteiger partial charge on any atom is 0.146 e. The minimum Gasteiger partial charge on any atom is -0.372 e. The molecular weight excluding hydrogens is 268 g/mol. The lowest BCUT2D eigenvalue weighted by atomic mass is 10.1. The van der Waals surface area contributed by atoms with Crippen LogP contribution in [-0.4, -0.2) is 35.0 Å². The van der Waals surface area contributed by atoms with E-state index in [1.807, 2.05) is 7.05 Å². The Bertz CT molecular complexity index is 558. The smallest absolute Gasteiger partial charge is 0.146 e. The van der Waals surface area contributed by atoms with Crippen LogP contribution in [0.5, 0.6) is 0 Å². The van der Waals surface area contributed by atoms with Gasteiger partial charge in [-0.15, -0.1) is 11.3 Å². The molecule has 0 bridgehead atoms. The molecule has 0 amide bonds. The molecule has 0 unspecified atom stereocenters. The Balaban J connectivity index is 1.78. The van der Waals surface area contributed by atoms with Gasteiger partial charge in [0.05, 0.1) is 11.9 Å². The van der Waals surface area contributed by atoms with Crippen molar-refractivity contribution in [3.05, 3.63) is 17.3 Å². The highest BCUT2D eigenvalue weighted by atomic mass is 32.1. The van der Waals surface area contributed by atoms with Gasteiger partial charge in [-0.2, -0.15) is 0 Å². The highest BCUT2D eigenvalue weighted by molar-refractivity contribution is 7.16. The monoisotopic (exact) mass is 290 g/mol. The van der Waals surface area contributed by atoms with Crippen molar-refractivity contribution in [1.29, 1.82) is 0 Å². The molecule has 5 heteroatoms. The van der Waals surface area contributed by atoms with Gasteiger partial charge in [-0.3, -0.25) is 4.90 Å². The lowest BCUT2D eigenvalue weighted by Crippen LogP contribution is -2.27. The van der Waals surface area contributed by atoms with Crippen molar-refractivity contribution in [2.24, 2.45) is 0 Å². The molecule has 2 aromatic heterocycles. The minimum atomic E-state index is 0.878. The second-order valence-corrected chi connectivity index (χ2v) is 6.32. The highest BCUT2D eigenvalue weighted by Crippen LogP contribution is 2.25. The van der Waals surface area contributed by atoms with Crippen molar-refractivity contribution in [3.63, 3.8) is 0 Å². The number of aromatic nitrogens is 2. The molecule has 1 fully saturated rings. The van der Waals surface area contributed by atoms with Crippen LogP contribution in [0.4, 0.5) is 5.82 Å². The number of hydrogen-bond donors (Lipinski definition) is 1. The van der Waals surface area contributed by atoms with Crippen LogP contribution in [0.1, 0.15) is 37.9 Å². The fourth-order valence-electron chi connectivity index (χ4n) is 2.83. The summed E-state index contributed by atoms with van der Waals surface area (Å²) < 4.78 is 0. The number of thiophene rings is 1. The summed E-state index contributed by atoms with van der Waals surface area (Å²) in [4.78, 5) is 13.0. The van der Waals surface area contributed by atoms with Crippen LogP contribution in [-0.2, 0) is 6.54 Å². The maximum absolute atomic E-state index is 4.72. The molecule has 0 radical (unpaired) electrons. The summed E-state index contributed by atoms with van der Waals surface area (Å²) in [5.41, 5.74) is 0. The van der Waals surface area contributed by atoms with Crippen LogP contribution in [0.3, 0.4) is 0 Å². The molecule has 0 saturated carbocycles. The van der Waals surface area contributed by atoms with Crippen molar-refractivity contribution in [1.82, 2.24) is 14.9 Å². The van der Waals surface area contributed by atoms with Gasteiger partial charge in [-0.25, -0.2) is 9.97 Å². The predicted molar refractivity (Wildman–Crippen MR) is 85.3 cm³/mol. The minimum absolute atomic E-state index is 0.878. The van der Waals surface area contributed by atoms with E-state index in [1.54, 1.807) is 11.3 Å². The van der Waals surface area contributed by atoms with E-state index in [-0.39, 0.29) is 0 Å². The van der Waals surface area contributed by atoms with Crippen LogP contribution in [0, 0.1) is 0 Å². The Morgan fingerprint density at radius 1 is 1.15 bits per heavy atom. The summed E-state index contributed by atoms with van der Waals surface area (Å²) in [6, 6.07) is 2.09. The number of nitrogens with zero attached hydrogens (tertiary/aromatic N) is 3. The molecule has 0 aliphatic carbocycles. The lowest BCUT2D eigenvalue weighted by molar-refractivity contribution is 0.235. The van der Waals surface area contributed by atoms with E-state index in [4.69, 9.17) is 4.98 Å². The van der Waals surface area contributed by atoms with E-state index in [0.29, 0.717) is 0 Å². The van der Waals surface area contributed by atoms with E-state index >= 15 is 0 Å². The van der Waals surface area contributed by atoms with Crippen LogP contribution in [0.15, 0.2) is 11.4 Å². The van der Waals surface area contributed by atoms with Crippen molar-refractivity contribution in [3.8, 4) is 0 Å². The molecule has 2 aromatic rings. The molecule has 20 heavy (non-hydrogen) atoms. The number of likely N-dealkylation sites (tertiary alicyclic amines) is 1. The van der Waals surface area contributed by atoms with Crippen LogP contribution in [0.2, 0.25) is 0 Å². The molecular formula is C15H22N4S. The highest BCUT2D eigenvalue weighted by Gasteiger charge is 2.13. The second-order valence-electron chi connectivity index (χ2n) is 5.42. The van der Waals surface area contributed by atoms with E-state index in [0.717, 1.165) is 28.4 Å². The Labute approximate surface area is 124 Å². The standard InChI is InChI=1S/C15H22N4S/c1-16-14-12-7-10-20-15(12)18-13(17-14)11-19-8-5-3-2-4-6-9-19/h7,10H,2-6,8-9,11H2,1H3,(H,16,17,18). The first-order valence-corrected chi connectivity index (χ1v) is 8.39. The first-order valence-electron chi connectivity index (χ1n) is 7.51. The summed E-state index contributed by atoms with van der Waals surface area (Å²) in [7, 11) is 1.93. The Morgan fingerprint density at radius 3 is 2.65 bits per heavy atom. The third kappa shape index (κ3) is 3.10. The first kappa shape index (κ1) is 13.8.